The Balaban J connectivity index is 1.51. The zero-order valence-corrected chi connectivity index (χ0v) is 15.4. The molecule has 2 heterocycles. The summed E-state index contributed by atoms with van der Waals surface area (Å²) in [7, 11) is 1.60. The number of carbonyl (C=O) groups is 1. The molecule has 0 atom stereocenters. The summed E-state index contributed by atoms with van der Waals surface area (Å²) in [6.45, 7) is 1.99. The summed E-state index contributed by atoms with van der Waals surface area (Å²) in [5.41, 5.74) is 2.30. The zero-order valence-electron chi connectivity index (χ0n) is 15.4. The number of rotatable bonds is 5. The Morgan fingerprint density at radius 3 is 2.86 bits per heavy atom. The van der Waals surface area contributed by atoms with Crippen molar-refractivity contribution >= 4 is 16.9 Å². The van der Waals surface area contributed by atoms with Gasteiger partial charge in [-0.05, 0) is 25.1 Å². The highest BCUT2D eigenvalue weighted by Crippen LogP contribution is 2.27. The molecule has 0 radical (unpaired) electrons. The van der Waals surface area contributed by atoms with Crippen LogP contribution in [0.4, 0.5) is 4.39 Å². The molecule has 0 spiro atoms. The zero-order chi connectivity index (χ0) is 19.7. The summed E-state index contributed by atoms with van der Waals surface area (Å²) >= 11 is 0. The Hall–Kier alpha value is -3.61. The largest absolute Gasteiger partial charge is 0.494 e. The number of aryl methyl sites for hydroxylation is 1. The Labute approximate surface area is 160 Å². The number of amides is 1. The van der Waals surface area contributed by atoms with Crippen molar-refractivity contribution in [1.82, 2.24) is 15.1 Å². The lowest BCUT2D eigenvalue weighted by molar-refractivity contribution is 0.0924. The van der Waals surface area contributed by atoms with Gasteiger partial charge in [-0.3, -0.25) is 4.79 Å². The van der Waals surface area contributed by atoms with Crippen LogP contribution >= 0.6 is 0 Å². The van der Waals surface area contributed by atoms with Gasteiger partial charge in [-0.15, -0.1) is 0 Å². The van der Waals surface area contributed by atoms with E-state index in [-0.39, 0.29) is 17.9 Å². The van der Waals surface area contributed by atoms with Crippen molar-refractivity contribution in [3.63, 3.8) is 0 Å². The average Bonchev–Trinajstić information content (AvgIpc) is 3.32. The molecular formula is C21H18FN3O3. The lowest BCUT2D eigenvalue weighted by Crippen LogP contribution is -2.22. The normalized spacial score (nSPS) is 11.0. The maximum atomic E-state index is 13.9. The van der Waals surface area contributed by atoms with Gasteiger partial charge in [0, 0.05) is 29.3 Å². The number of nitrogens with zero attached hydrogens (tertiary/aromatic N) is 2. The number of hydrogen-bond donors (Lipinski definition) is 1. The number of ether oxygens (including phenoxy) is 1. The second kappa shape index (κ2) is 7.19. The van der Waals surface area contributed by atoms with E-state index in [2.05, 4.69) is 10.4 Å². The molecule has 4 rings (SSSR count). The third-order valence-electron chi connectivity index (χ3n) is 4.54. The highest BCUT2D eigenvalue weighted by Gasteiger charge is 2.19. The molecule has 1 amide bonds. The number of furan rings is 1. The second-order valence-electron chi connectivity index (χ2n) is 6.32. The maximum Gasteiger partial charge on any atom is 0.287 e. The van der Waals surface area contributed by atoms with Crippen LogP contribution in [-0.4, -0.2) is 22.8 Å². The summed E-state index contributed by atoms with van der Waals surface area (Å²) in [6, 6.07) is 12.1. The van der Waals surface area contributed by atoms with Crippen molar-refractivity contribution in [2.45, 2.75) is 13.5 Å². The molecule has 2 aromatic carbocycles. The first-order valence-electron chi connectivity index (χ1n) is 8.71. The number of methoxy groups -OCH3 is 1. The van der Waals surface area contributed by atoms with Crippen LogP contribution in [0.15, 0.2) is 59.3 Å². The minimum absolute atomic E-state index is 0.0918. The van der Waals surface area contributed by atoms with Crippen LogP contribution in [0.1, 0.15) is 21.7 Å². The van der Waals surface area contributed by atoms with Gasteiger partial charge in [0.1, 0.15) is 11.4 Å². The molecule has 28 heavy (non-hydrogen) atoms. The molecule has 0 aliphatic heterocycles. The quantitative estimate of drug-likeness (QED) is 0.569. The Morgan fingerprint density at radius 1 is 1.25 bits per heavy atom. The maximum absolute atomic E-state index is 13.9. The van der Waals surface area contributed by atoms with Gasteiger partial charge >= 0.3 is 0 Å². The molecule has 142 valence electrons. The molecule has 0 saturated carbocycles. The highest BCUT2D eigenvalue weighted by atomic mass is 19.1. The van der Waals surface area contributed by atoms with Crippen LogP contribution in [-0.2, 0) is 6.54 Å². The van der Waals surface area contributed by atoms with Gasteiger partial charge < -0.3 is 14.5 Å². The molecule has 0 aliphatic rings. The molecule has 7 heteroatoms. The predicted octanol–water partition coefficient (Wildman–Crippen LogP) is 4.00. The molecule has 0 saturated heterocycles. The van der Waals surface area contributed by atoms with Crippen molar-refractivity contribution in [2.75, 3.05) is 7.11 Å². The summed E-state index contributed by atoms with van der Waals surface area (Å²) in [5.74, 6) is -0.0887. The van der Waals surface area contributed by atoms with Crippen LogP contribution in [0.25, 0.3) is 16.7 Å². The topological polar surface area (TPSA) is 69.3 Å². The van der Waals surface area contributed by atoms with Crippen LogP contribution in [0, 0.1) is 12.7 Å². The number of fused-ring (bicyclic) bond motifs is 1. The summed E-state index contributed by atoms with van der Waals surface area (Å²) in [5, 5.41) is 7.70. The summed E-state index contributed by atoms with van der Waals surface area (Å²) in [6.07, 6.45) is 3.47. The summed E-state index contributed by atoms with van der Waals surface area (Å²) < 4.78 is 26.4. The SMILES string of the molecule is COc1ccccc1-n1cc(CNC(=O)c2oc3c(F)cccc3c2C)cn1. The number of aromatic nitrogens is 2. The third kappa shape index (κ3) is 3.11. The monoisotopic (exact) mass is 379 g/mol. The molecule has 0 bridgehead atoms. The van der Waals surface area contributed by atoms with E-state index in [4.69, 9.17) is 9.15 Å². The van der Waals surface area contributed by atoms with Gasteiger partial charge in [-0.1, -0.05) is 24.3 Å². The van der Waals surface area contributed by atoms with Gasteiger partial charge in [0.05, 0.1) is 13.3 Å². The number of carbonyl (C=O) groups excluding carboxylic acids is 1. The predicted molar refractivity (Wildman–Crippen MR) is 102 cm³/mol. The van der Waals surface area contributed by atoms with E-state index in [0.717, 1.165) is 11.3 Å². The van der Waals surface area contributed by atoms with Gasteiger partial charge in [-0.2, -0.15) is 5.10 Å². The van der Waals surface area contributed by atoms with Crippen LogP contribution < -0.4 is 10.1 Å². The van der Waals surface area contributed by atoms with Gasteiger partial charge in [0.2, 0.25) is 0 Å². The van der Waals surface area contributed by atoms with Crippen molar-refractivity contribution in [3.8, 4) is 11.4 Å². The molecule has 0 unspecified atom stereocenters. The van der Waals surface area contributed by atoms with E-state index >= 15 is 0 Å². The standard InChI is InChI=1S/C21H18FN3O3/c1-13-15-6-5-7-16(22)20(15)28-19(13)21(26)23-10-14-11-24-25(12-14)17-8-3-4-9-18(17)27-2/h3-9,11-12H,10H2,1-2H3,(H,23,26). The molecule has 0 aliphatic carbocycles. The first-order valence-corrected chi connectivity index (χ1v) is 8.71. The van der Waals surface area contributed by atoms with Gasteiger partial charge in [0.15, 0.2) is 17.2 Å². The van der Waals surface area contributed by atoms with Gasteiger partial charge in [-0.25, -0.2) is 9.07 Å². The number of benzene rings is 2. The van der Waals surface area contributed by atoms with Gasteiger partial charge in [0.25, 0.3) is 5.91 Å². The molecule has 4 aromatic rings. The van der Waals surface area contributed by atoms with Crippen molar-refractivity contribution in [3.05, 3.63) is 77.6 Å². The first-order chi connectivity index (χ1) is 13.6. The van der Waals surface area contributed by atoms with E-state index in [1.165, 1.54) is 6.07 Å². The Bertz CT molecular complexity index is 1160. The minimum Gasteiger partial charge on any atom is -0.494 e. The number of para-hydroxylation sites is 3. The lowest BCUT2D eigenvalue weighted by atomic mass is 10.1. The fourth-order valence-corrected chi connectivity index (χ4v) is 3.09. The fraction of sp³-hybridized carbons (Fsp3) is 0.143. The van der Waals surface area contributed by atoms with E-state index < -0.39 is 11.7 Å². The number of halogens is 1. The van der Waals surface area contributed by atoms with E-state index in [1.54, 1.807) is 37.0 Å². The minimum atomic E-state index is -0.488. The van der Waals surface area contributed by atoms with Crippen molar-refractivity contribution in [1.29, 1.82) is 0 Å². The highest BCUT2D eigenvalue weighted by molar-refractivity contribution is 5.98. The number of hydrogen-bond acceptors (Lipinski definition) is 4. The molecular weight excluding hydrogens is 361 g/mol. The summed E-state index contributed by atoms with van der Waals surface area (Å²) in [4.78, 5) is 12.5. The van der Waals surface area contributed by atoms with E-state index in [1.807, 2.05) is 30.5 Å². The van der Waals surface area contributed by atoms with Crippen LogP contribution in [0.2, 0.25) is 0 Å². The van der Waals surface area contributed by atoms with Crippen molar-refractivity contribution in [2.24, 2.45) is 0 Å². The molecule has 0 fully saturated rings. The Kier molecular flexibility index (Phi) is 4.57. The van der Waals surface area contributed by atoms with Crippen LogP contribution in [0.3, 0.4) is 0 Å². The molecule has 1 N–H and O–H groups in total. The lowest BCUT2D eigenvalue weighted by Gasteiger charge is -2.07. The Morgan fingerprint density at radius 2 is 2.07 bits per heavy atom. The van der Waals surface area contributed by atoms with Crippen LogP contribution in [0.5, 0.6) is 5.75 Å². The second-order valence-corrected chi connectivity index (χ2v) is 6.32. The van der Waals surface area contributed by atoms with Crippen molar-refractivity contribution < 1.29 is 18.3 Å². The molecule has 2 aromatic heterocycles. The third-order valence-corrected chi connectivity index (χ3v) is 4.54. The van der Waals surface area contributed by atoms with E-state index in [0.29, 0.717) is 16.7 Å². The average molecular weight is 379 g/mol. The molecule has 6 nitrogen and oxygen atoms in total. The fourth-order valence-electron chi connectivity index (χ4n) is 3.09. The smallest absolute Gasteiger partial charge is 0.287 e. The number of nitrogens with one attached hydrogen (secondary N) is 1. The van der Waals surface area contributed by atoms with E-state index in [9.17, 15) is 9.18 Å². The first kappa shape index (κ1) is 17.8.